The highest BCUT2D eigenvalue weighted by Crippen LogP contribution is 2.47. The van der Waals surface area contributed by atoms with Crippen molar-refractivity contribution >= 4 is 22.5 Å². The summed E-state index contributed by atoms with van der Waals surface area (Å²) < 4.78 is 0. The van der Waals surface area contributed by atoms with Crippen molar-refractivity contribution in [2.24, 2.45) is 0 Å². The first-order valence-corrected chi connectivity index (χ1v) is 11.2. The average molecular weight is 393 g/mol. The summed E-state index contributed by atoms with van der Waals surface area (Å²) in [6.07, 6.45) is 8.96. The van der Waals surface area contributed by atoms with Gasteiger partial charge in [-0.1, -0.05) is 40.5 Å². The van der Waals surface area contributed by atoms with Crippen LogP contribution in [0.3, 0.4) is 0 Å². The maximum Gasteiger partial charge on any atom is 0.235 e. The molecule has 0 spiro atoms. The van der Waals surface area contributed by atoms with Gasteiger partial charge in [-0.05, 0) is 60.9 Å². The second-order valence-electron chi connectivity index (χ2n) is 8.08. The van der Waals surface area contributed by atoms with Crippen LogP contribution in [-0.2, 0) is 23.1 Å². The molecule has 0 saturated heterocycles. The highest BCUT2D eigenvalue weighted by atomic mass is 16.2. The number of H-pyrrole nitrogens is 2. The van der Waals surface area contributed by atoms with Crippen LogP contribution >= 0.6 is 0 Å². The second kappa shape index (κ2) is 7.69. The number of fused-ring (bicyclic) bond motifs is 6. The Hall–Kier alpha value is -2.56. The SMILES string of the molecule is CC.CCCC1(CCC)C(=O)Nc2cc3c4c([nH]c3cc21)-c1[nH]ncc1CCC4. The first-order valence-electron chi connectivity index (χ1n) is 11.2. The van der Waals surface area contributed by atoms with Gasteiger partial charge in [0.1, 0.15) is 0 Å². The minimum Gasteiger partial charge on any atom is -0.353 e. The lowest BCUT2D eigenvalue weighted by Crippen LogP contribution is -2.34. The monoisotopic (exact) mass is 392 g/mol. The molecule has 5 rings (SSSR count). The Morgan fingerprint density at radius 2 is 1.83 bits per heavy atom. The molecule has 3 aromatic rings. The lowest BCUT2D eigenvalue weighted by atomic mass is 9.74. The van der Waals surface area contributed by atoms with Crippen LogP contribution in [0.2, 0.25) is 0 Å². The van der Waals surface area contributed by atoms with Crippen molar-refractivity contribution < 1.29 is 4.79 Å². The van der Waals surface area contributed by atoms with E-state index in [-0.39, 0.29) is 11.3 Å². The molecule has 1 amide bonds. The molecule has 2 aromatic heterocycles. The van der Waals surface area contributed by atoms with Crippen LogP contribution in [0.15, 0.2) is 18.3 Å². The fraction of sp³-hybridized carbons (Fsp3) is 0.500. The molecular weight excluding hydrogens is 360 g/mol. The van der Waals surface area contributed by atoms with Crippen LogP contribution in [0.5, 0.6) is 0 Å². The number of hydrogen-bond donors (Lipinski definition) is 3. The Balaban J connectivity index is 0.000000994. The van der Waals surface area contributed by atoms with E-state index in [4.69, 9.17) is 0 Å². The number of nitrogens with one attached hydrogen (secondary N) is 3. The van der Waals surface area contributed by atoms with Crippen molar-refractivity contribution in [1.29, 1.82) is 0 Å². The third kappa shape index (κ3) is 2.90. The predicted octanol–water partition coefficient (Wildman–Crippen LogP) is 5.86. The van der Waals surface area contributed by atoms with Crippen LogP contribution < -0.4 is 5.32 Å². The number of aromatic nitrogens is 3. The number of aryl methyl sites for hydroxylation is 2. The van der Waals surface area contributed by atoms with E-state index in [1.165, 1.54) is 27.8 Å². The third-order valence-electron chi connectivity index (χ3n) is 6.44. The molecule has 5 nitrogen and oxygen atoms in total. The predicted molar refractivity (Wildman–Crippen MR) is 119 cm³/mol. The Morgan fingerprint density at radius 1 is 1.07 bits per heavy atom. The molecule has 5 heteroatoms. The van der Waals surface area contributed by atoms with E-state index in [0.29, 0.717) is 0 Å². The molecule has 0 saturated carbocycles. The Morgan fingerprint density at radius 3 is 2.55 bits per heavy atom. The van der Waals surface area contributed by atoms with Gasteiger partial charge >= 0.3 is 0 Å². The van der Waals surface area contributed by atoms with Gasteiger partial charge in [-0.25, -0.2) is 0 Å². The Bertz CT molecular complexity index is 1040. The third-order valence-corrected chi connectivity index (χ3v) is 6.44. The molecule has 0 unspecified atom stereocenters. The van der Waals surface area contributed by atoms with Gasteiger partial charge in [-0.2, -0.15) is 5.10 Å². The van der Waals surface area contributed by atoms with E-state index in [1.54, 1.807) is 0 Å². The summed E-state index contributed by atoms with van der Waals surface area (Å²) in [5.74, 6) is 0.177. The topological polar surface area (TPSA) is 73.6 Å². The quantitative estimate of drug-likeness (QED) is 0.520. The van der Waals surface area contributed by atoms with Crippen molar-refractivity contribution in [2.45, 2.75) is 78.1 Å². The van der Waals surface area contributed by atoms with Gasteiger partial charge in [-0.15, -0.1) is 0 Å². The Kier molecular flexibility index (Phi) is 5.24. The highest BCUT2D eigenvalue weighted by molar-refractivity contribution is 6.09. The van der Waals surface area contributed by atoms with Gasteiger partial charge in [-0.3, -0.25) is 9.89 Å². The fourth-order valence-electron chi connectivity index (χ4n) is 5.28. The lowest BCUT2D eigenvalue weighted by Gasteiger charge is -2.26. The van der Waals surface area contributed by atoms with Crippen LogP contribution in [0, 0.1) is 0 Å². The van der Waals surface area contributed by atoms with Gasteiger partial charge in [0.15, 0.2) is 0 Å². The van der Waals surface area contributed by atoms with E-state index in [2.05, 4.69) is 46.5 Å². The Labute approximate surface area is 172 Å². The van der Waals surface area contributed by atoms with Gasteiger partial charge < -0.3 is 10.3 Å². The van der Waals surface area contributed by atoms with Gasteiger partial charge in [0.2, 0.25) is 5.91 Å². The zero-order valence-corrected chi connectivity index (χ0v) is 18.0. The smallest absolute Gasteiger partial charge is 0.235 e. The molecular formula is C24H32N4O. The summed E-state index contributed by atoms with van der Waals surface area (Å²) in [4.78, 5) is 16.6. The van der Waals surface area contributed by atoms with Crippen molar-refractivity contribution in [3.63, 3.8) is 0 Å². The summed E-state index contributed by atoms with van der Waals surface area (Å²) in [5.41, 5.74) is 7.85. The zero-order chi connectivity index (χ0) is 20.6. The molecule has 0 fully saturated rings. The van der Waals surface area contributed by atoms with E-state index in [0.717, 1.165) is 61.8 Å². The van der Waals surface area contributed by atoms with Gasteiger partial charge in [0, 0.05) is 16.6 Å². The number of amides is 1. The molecule has 154 valence electrons. The van der Waals surface area contributed by atoms with Gasteiger partial charge in [0.25, 0.3) is 0 Å². The second-order valence-corrected chi connectivity index (χ2v) is 8.08. The molecule has 1 aliphatic carbocycles. The zero-order valence-electron chi connectivity index (χ0n) is 18.0. The number of carbonyl (C=O) groups is 1. The van der Waals surface area contributed by atoms with Crippen molar-refractivity contribution in [2.75, 3.05) is 5.32 Å². The van der Waals surface area contributed by atoms with E-state index in [9.17, 15) is 4.79 Å². The molecule has 3 N–H and O–H groups in total. The van der Waals surface area contributed by atoms with Gasteiger partial charge in [0.05, 0.1) is 23.0 Å². The highest BCUT2D eigenvalue weighted by Gasteiger charge is 2.45. The molecule has 0 atom stereocenters. The number of aromatic amines is 2. The minimum atomic E-state index is -0.380. The number of benzene rings is 1. The summed E-state index contributed by atoms with van der Waals surface area (Å²) in [6, 6.07) is 4.44. The van der Waals surface area contributed by atoms with Crippen LogP contribution in [0.1, 0.15) is 76.5 Å². The fourth-order valence-corrected chi connectivity index (χ4v) is 5.28. The lowest BCUT2D eigenvalue weighted by molar-refractivity contribution is -0.121. The molecule has 1 aliphatic heterocycles. The van der Waals surface area contributed by atoms with Crippen LogP contribution in [0.25, 0.3) is 22.3 Å². The normalized spacial score (nSPS) is 16.3. The van der Waals surface area contributed by atoms with E-state index in [1.807, 2.05) is 20.0 Å². The summed E-state index contributed by atoms with van der Waals surface area (Å²) in [6.45, 7) is 8.33. The molecule has 2 aliphatic rings. The first-order chi connectivity index (χ1) is 14.2. The molecule has 0 radical (unpaired) electrons. The molecule has 0 bridgehead atoms. The number of carbonyl (C=O) groups excluding carboxylic acids is 1. The average Bonchev–Trinajstić information content (AvgIpc) is 3.36. The number of rotatable bonds is 4. The van der Waals surface area contributed by atoms with E-state index < -0.39 is 0 Å². The summed E-state index contributed by atoms with van der Waals surface area (Å²) in [7, 11) is 0. The van der Waals surface area contributed by atoms with Crippen LogP contribution in [-0.4, -0.2) is 21.1 Å². The summed E-state index contributed by atoms with van der Waals surface area (Å²) in [5, 5.41) is 11.9. The molecule has 29 heavy (non-hydrogen) atoms. The number of anilines is 1. The van der Waals surface area contributed by atoms with Crippen LogP contribution in [0.4, 0.5) is 5.69 Å². The van der Waals surface area contributed by atoms with Crippen molar-refractivity contribution in [1.82, 2.24) is 15.2 Å². The minimum absolute atomic E-state index is 0.177. The maximum absolute atomic E-state index is 13.0. The molecule has 1 aromatic carbocycles. The number of nitrogens with zero attached hydrogens (tertiary/aromatic N) is 1. The number of hydrogen-bond acceptors (Lipinski definition) is 2. The van der Waals surface area contributed by atoms with Crippen molar-refractivity contribution in [3.05, 3.63) is 35.0 Å². The standard InChI is InChI=1S/C22H26N4O.C2H6/c1-3-8-22(9-4-2)16-11-17-15(10-18(16)25-21(22)27)14-7-5-6-13-12-23-26-19(13)20(14)24-17;1-2/h10-12,24H,3-9H2,1-2H3,(H,23,26)(H,25,27);1-2H3. The first kappa shape index (κ1) is 19.7. The summed E-state index contributed by atoms with van der Waals surface area (Å²) >= 11 is 0. The molecule has 3 heterocycles. The van der Waals surface area contributed by atoms with Crippen molar-refractivity contribution in [3.8, 4) is 11.4 Å². The maximum atomic E-state index is 13.0. The van der Waals surface area contributed by atoms with E-state index >= 15 is 0 Å². The largest absolute Gasteiger partial charge is 0.353 e.